The second-order valence-corrected chi connectivity index (χ2v) is 4.46. The number of benzene rings is 1. The van der Waals surface area contributed by atoms with Gasteiger partial charge in [0.1, 0.15) is 5.82 Å². The van der Waals surface area contributed by atoms with Crippen molar-refractivity contribution in [2.45, 2.75) is 0 Å². The van der Waals surface area contributed by atoms with Gasteiger partial charge >= 0.3 is 0 Å². The van der Waals surface area contributed by atoms with E-state index in [9.17, 15) is 8.60 Å². The van der Waals surface area contributed by atoms with E-state index < -0.39 is 16.6 Å². The lowest BCUT2D eigenvalue weighted by molar-refractivity contribution is 0.633. The highest BCUT2D eigenvalue weighted by molar-refractivity contribution is 7.84. The summed E-state index contributed by atoms with van der Waals surface area (Å²) in [7, 11) is -0.848. The highest BCUT2D eigenvalue weighted by atomic mass is 32.2. The molecule has 1 atom stereocenters. The minimum absolute atomic E-state index is 0.106. The van der Waals surface area contributed by atoms with E-state index in [1.54, 1.807) is 18.4 Å². The molecule has 3 nitrogen and oxygen atoms in total. The van der Waals surface area contributed by atoms with Crippen molar-refractivity contribution in [2.75, 3.05) is 29.6 Å². The van der Waals surface area contributed by atoms with Crippen molar-refractivity contribution >= 4 is 22.2 Å². The third kappa shape index (κ3) is 2.99. The van der Waals surface area contributed by atoms with E-state index >= 15 is 0 Å². The van der Waals surface area contributed by atoms with Crippen LogP contribution in [-0.2, 0) is 10.8 Å². The molecule has 0 aromatic heterocycles. The number of rotatable bonds is 4. The Morgan fingerprint density at radius 3 is 2.93 bits per heavy atom. The molecule has 0 saturated heterocycles. The summed E-state index contributed by atoms with van der Waals surface area (Å²) in [6.07, 6.45) is 1.62. The van der Waals surface area contributed by atoms with Crippen molar-refractivity contribution in [3.63, 3.8) is 0 Å². The van der Waals surface area contributed by atoms with Gasteiger partial charge in [0, 0.05) is 29.4 Å². The molecule has 0 radical (unpaired) electrons. The average molecular weight is 216 g/mol. The Morgan fingerprint density at radius 2 is 2.29 bits per heavy atom. The van der Waals surface area contributed by atoms with Crippen molar-refractivity contribution in [3.05, 3.63) is 24.0 Å². The summed E-state index contributed by atoms with van der Waals surface area (Å²) in [6, 6.07) is 4.58. The predicted octanol–water partition coefficient (Wildman–Crippen LogP) is 1.20. The maximum absolute atomic E-state index is 12.9. The summed E-state index contributed by atoms with van der Waals surface area (Å²) < 4.78 is 23.7. The van der Waals surface area contributed by atoms with Crippen molar-refractivity contribution in [2.24, 2.45) is 0 Å². The number of hydrogen-bond acceptors (Lipinski definition) is 3. The number of hydrogen-bond donors (Lipinski definition) is 2. The van der Waals surface area contributed by atoms with Crippen molar-refractivity contribution in [1.82, 2.24) is 0 Å². The highest BCUT2D eigenvalue weighted by Crippen LogP contribution is 2.20. The maximum atomic E-state index is 12.9. The maximum Gasteiger partial charge on any atom is 0.148 e. The zero-order valence-electron chi connectivity index (χ0n) is 7.92. The van der Waals surface area contributed by atoms with E-state index in [-0.39, 0.29) is 5.69 Å². The van der Waals surface area contributed by atoms with E-state index in [1.807, 2.05) is 0 Å². The van der Waals surface area contributed by atoms with Crippen molar-refractivity contribution in [3.8, 4) is 0 Å². The molecule has 1 aromatic carbocycles. The number of nitrogen functional groups attached to an aromatic ring is 1. The molecule has 0 aliphatic heterocycles. The van der Waals surface area contributed by atoms with Crippen LogP contribution in [0.5, 0.6) is 0 Å². The molecule has 0 fully saturated rings. The molecule has 14 heavy (non-hydrogen) atoms. The first-order valence-electron chi connectivity index (χ1n) is 4.19. The summed E-state index contributed by atoms with van der Waals surface area (Å²) >= 11 is 0. The number of nitrogens with two attached hydrogens (primary N) is 1. The third-order valence-corrected chi connectivity index (χ3v) is 2.54. The van der Waals surface area contributed by atoms with Gasteiger partial charge in [-0.25, -0.2) is 4.39 Å². The van der Waals surface area contributed by atoms with Gasteiger partial charge in [-0.2, -0.15) is 0 Å². The SMILES string of the molecule is CS(=O)CCNc1cccc(F)c1N. The van der Waals surface area contributed by atoms with Gasteiger partial charge in [-0.05, 0) is 12.1 Å². The molecule has 0 aliphatic carbocycles. The van der Waals surface area contributed by atoms with E-state index in [0.29, 0.717) is 18.0 Å². The van der Waals surface area contributed by atoms with Gasteiger partial charge in [-0.3, -0.25) is 4.21 Å². The minimum Gasteiger partial charge on any atom is -0.395 e. The fourth-order valence-corrected chi connectivity index (χ4v) is 1.41. The zero-order chi connectivity index (χ0) is 10.6. The van der Waals surface area contributed by atoms with Gasteiger partial charge in [0.25, 0.3) is 0 Å². The summed E-state index contributed by atoms with van der Waals surface area (Å²) in [5.41, 5.74) is 6.14. The van der Waals surface area contributed by atoms with E-state index in [0.717, 1.165) is 0 Å². The van der Waals surface area contributed by atoms with Crippen molar-refractivity contribution < 1.29 is 8.60 Å². The van der Waals surface area contributed by atoms with Crippen molar-refractivity contribution in [1.29, 1.82) is 0 Å². The van der Waals surface area contributed by atoms with Gasteiger partial charge in [0.05, 0.1) is 11.4 Å². The standard InChI is InChI=1S/C9H13FN2OS/c1-14(13)6-5-12-8-4-2-3-7(10)9(8)11/h2-4,12H,5-6,11H2,1H3. The molecule has 5 heteroatoms. The fraction of sp³-hybridized carbons (Fsp3) is 0.333. The summed E-state index contributed by atoms with van der Waals surface area (Å²) in [6.45, 7) is 0.525. The van der Waals surface area contributed by atoms with Crippen LogP contribution in [0.3, 0.4) is 0 Å². The predicted molar refractivity (Wildman–Crippen MR) is 58.2 cm³/mol. The molecule has 1 unspecified atom stereocenters. The van der Waals surface area contributed by atoms with Crippen LogP contribution in [0.25, 0.3) is 0 Å². The van der Waals surface area contributed by atoms with Crippen LogP contribution in [-0.4, -0.2) is 22.8 Å². The van der Waals surface area contributed by atoms with Gasteiger partial charge in [-0.1, -0.05) is 6.07 Å². The molecule has 1 rings (SSSR count). The molecule has 0 amide bonds. The number of para-hydroxylation sites is 1. The molecule has 0 saturated carbocycles. The van der Waals surface area contributed by atoms with E-state index in [4.69, 9.17) is 5.73 Å². The lowest BCUT2D eigenvalue weighted by Gasteiger charge is -2.08. The van der Waals surface area contributed by atoms with Crippen LogP contribution >= 0.6 is 0 Å². The van der Waals surface area contributed by atoms with E-state index in [2.05, 4.69) is 5.32 Å². The first kappa shape index (κ1) is 11.0. The smallest absolute Gasteiger partial charge is 0.148 e. The Labute approximate surface area is 85.0 Å². The molecule has 0 bridgehead atoms. The monoisotopic (exact) mass is 216 g/mol. The Hall–Kier alpha value is -1.10. The summed E-state index contributed by atoms with van der Waals surface area (Å²) in [4.78, 5) is 0. The molecular weight excluding hydrogens is 203 g/mol. The first-order valence-corrected chi connectivity index (χ1v) is 5.92. The van der Waals surface area contributed by atoms with Crippen LogP contribution in [0.1, 0.15) is 0 Å². The Kier molecular flexibility index (Phi) is 3.88. The van der Waals surface area contributed by atoms with Crippen LogP contribution in [0.2, 0.25) is 0 Å². The molecule has 3 N–H and O–H groups in total. The second-order valence-electron chi connectivity index (χ2n) is 2.91. The molecule has 0 aliphatic rings. The minimum atomic E-state index is -0.848. The molecule has 0 spiro atoms. The fourth-order valence-electron chi connectivity index (χ4n) is 1.02. The quantitative estimate of drug-likeness (QED) is 0.743. The number of nitrogens with one attached hydrogen (secondary N) is 1. The van der Waals surface area contributed by atoms with Gasteiger partial charge in [-0.15, -0.1) is 0 Å². The number of anilines is 2. The van der Waals surface area contributed by atoms with Gasteiger partial charge in [0.15, 0.2) is 0 Å². The Morgan fingerprint density at radius 1 is 1.57 bits per heavy atom. The highest BCUT2D eigenvalue weighted by Gasteiger charge is 2.02. The van der Waals surface area contributed by atoms with Crippen LogP contribution < -0.4 is 11.1 Å². The normalized spacial score (nSPS) is 12.4. The lowest BCUT2D eigenvalue weighted by Crippen LogP contribution is -2.11. The summed E-state index contributed by atoms with van der Waals surface area (Å²) in [5, 5.41) is 2.93. The molecule has 78 valence electrons. The molecule has 1 aromatic rings. The Balaban J connectivity index is 2.59. The van der Waals surface area contributed by atoms with Crippen LogP contribution in [0.4, 0.5) is 15.8 Å². The first-order chi connectivity index (χ1) is 6.61. The van der Waals surface area contributed by atoms with E-state index in [1.165, 1.54) is 6.07 Å². The van der Waals surface area contributed by atoms with Crippen LogP contribution in [0, 0.1) is 5.82 Å². The lowest BCUT2D eigenvalue weighted by atomic mass is 10.2. The Bertz CT molecular complexity index is 344. The summed E-state index contributed by atoms with van der Waals surface area (Å²) in [5.74, 6) is 0.0864. The third-order valence-electron chi connectivity index (χ3n) is 1.76. The molecular formula is C9H13FN2OS. The molecule has 0 heterocycles. The topological polar surface area (TPSA) is 55.1 Å². The average Bonchev–Trinajstić information content (AvgIpc) is 2.12. The van der Waals surface area contributed by atoms with Crippen LogP contribution in [0.15, 0.2) is 18.2 Å². The van der Waals surface area contributed by atoms with Gasteiger partial charge in [0.2, 0.25) is 0 Å². The number of halogens is 1. The largest absolute Gasteiger partial charge is 0.395 e. The van der Waals surface area contributed by atoms with Gasteiger partial charge < -0.3 is 11.1 Å². The zero-order valence-corrected chi connectivity index (χ0v) is 8.73. The second kappa shape index (κ2) is 4.95.